The molecule has 0 aromatic heterocycles. The summed E-state index contributed by atoms with van der Waals surface area (Å²) in [6.07, 6.45) is 1.71. The standard InChI is InChI=1S/C13H22N2O3/c1-5-13(8-7-9(3)4)10(16)14-12(18)15(6-2)11(13)17/h9H,5-8H2,1-4H3,(H,14,16,18). The second kappa shape index (κ2) is 5.50. The van der Waals surface area contributed by atoms with Crippen molar-refractivity contribution in [1.82, 2.24) is 10.2 Å². The predicted molar refractivity (Wildman–Crippen MR) is 67.7 cm³/mol. The number of rotatable bonds is 5. The van der Waals surface area contributed by atoms with E-state index in [1.165, 1.54) is 0 Å². The van der Waals surface area contributed by atoms with Crippen LogP contribution >= 0.6 is 0 Å². The average Bonchev–Trinajstić information content (AvgIpc) is 2.29. The van der Waals surface area contributed by atoms with Crippen LogP contribution in [0.5, 0.6) is 0 Å². The van der Waals surface area contributed by atoms with Gasteiger partial charge < -0.3 is 0 Å². The van der Waals surface area contributed by atoms with Crippen LogP contribution in [-0.4, -0.2) is 29.3 Å². The highest BCUT2D eigenvalue weighted by Crippen LogP contribution is 2.34. The number of nitrogens with one attached hydrogen (secondary N) is 1. The Balaban J connectivity index is 3.03. The molecule has 1 fully saturated rings. The molecule has 1 aliphatic heterocycles. The van der Waals surface area contributed by atoms with Crippen molar-refractivity contribution in [3.63, 3.8) is 0 Å². The molecule has 1 atom stereocenters. The maximum atomic E-state index is 12.4. The lowest BCUT2D eigenvalue weighted by Gasteiger charge is -2.38. The highest BCUT2D eigenvalue weighted by molar-refractivity contribution is 6.19. The van der Waals surface area contributed by atoms with Gasteiger partial charge in [-0.3, -0.25) is 19.8 Å². The first kappa shape index (κ1) is 14.7. The number of hydrogen-bond acceptors (Lipinski definition) is 3. The number of carbonyl (C=O) groups is 3. The van der Waals surface area contributed by atoms with Gasteiger partial charge in [0.05, 0.1) is 0 Å². The molecular weight excluding hydrogens is 232 g/mol. The van der Waals surface area contributed by atoms with E-state index in [4.69, 9.17) is 0 Å². The highest BCUT2D eigenvalue weighted by atomic mass is 16.2. The van der Waals surface area contributed by atoms with Gasteiger partial charge in [0.25, 0.3) is 0 Å². The number of amides is 4. The lowest BCUT2D eigenvalue weighted by Crippen LogP contribution is -2.63. The Kier molecular flexibility index (Phi) is 4.48. The van der Waals surface area contributed by atoms with E-state index in [1.54, 1.807) is 6.92 Å². The Morgan fingerprint density at radius 1 is 1.22 bits per heavy atom. The number of barbiturate groups is 1. The van der Waals surface area contributed by atoms with Crippen molar-refractivity contribution in [3.8, 4) is 0 Å². The first-order valence-corrected chi connectivity index (χ1v) is 6.56. The van der Waals surface area contributed by atoms with E-state index in [0.717, 1.165) is 11.3 Å². The smallest absolute Gasteiger partial charge is 0.277 e. The fraction of sp³-hybridized carbons (Fsp3) is 0.769. The van der Waals surface area contributed by atoms with E-state index < -0.39 is 17.4 Å². The van der Waals surface area contributed by atoms with Gasteiger partial charge in [0.15, 0.2) is 0 Å². The van der Waals surface area contributed by atoms with Gasteiger partial charge in [-0.2, -0.15) is 0 Å². The second-order valence-electron chi connectivity index (χ2n) is 5.18. The molecule has 0 saturated carbocycles. The van der Waals surface area contributed by atoms with Crippen LogP contribution in [0.15, 0.2) is 0 Å². The van der Waals surface area contributed by atoms with Gasteiger partial charge in [0, 0.05) is 6.54 Å². The zero-order valence-electron chi connectivity index (χ0n) is 11.6. The van der Waals surface area contributed by atoms with Crippen LogP contribution in [0.3, 0.4) is 0 Å². The molecular formula is C13H22N2O3. The van der Waals surface area contributed by atoms with Gasteiger partial charge in [-0.1, -0.05) is 20.8 Å². The third kappa shape index (κ3) is 2.40. The second-order valence-corrected chi connectivity index (χ2v) is 5.18. The van der Waals surface area contributed by atoms with Crippen molar-refractivity contribution in [2.24, 2.45) is 11.3 Å². The first-order valence-electron chi connectivity index (χ1n) is 6.56. The summed E-state index contributed by atoms with van der Waals surface area (Å²) in [6, 6.07) is -0.596. The van der Waals surface area contributed by atoms with Crippen LogP contribution in [-0.2, 0) is 9.59 Å². The number of urea groups is 1. The molecule has 0 aromatic carbocycles. The third-order valence-corrected chi connectivity index (χ3v) is 3.62. The molecule has 18 heavy (non-hydrogen) atoms. The van der Waals surface area contributed by atoms with Crippen molar-refractivity contribution < 1.29 is 14.4 Å². The van der Waals surface area contributed by atoms with Gasteiger partial charge in [-0.15, -0.1) is 0 Å². The maximum absolute atomic E-state index is 12.4. The molecule has 5 heteroatoms. The van der Waals surface area contributed by atoms with E-state index in [9.17, 15) is 14.4 Å². The Bertz CT molecular complexity index is 365. The van der Waals surface area contributed by atoms with E-state index in [2.05, 4.69) is 19.2 Å². The van der Waals surface area contributed by atoms with Gasteiger partial charge in [0.1, 0.15) is 5.41 Å². The van der Waals surface area contributed by atoms with Crippen LogP contribution in [0.2, 0.25) is 0 Å². The van der Waals surface area contributed by atoms with Crippen LogP contribution in [0.1, 0.15) is 47.0 Å². The Morgan fingerprint density at radius 2 is 1.83 bits per heavy atom. The van der Waals surface area contributed by atoms with Gasteiger partial charge in [-0.25, -0.2) is 4.79 Å². The molecule has 0 aliphatic carbocycles. The van der Waals surface area contributed by atoms with E-state index in [-0.39, 0.29) is 5.91 Å². The minimum Gasteiger partial charge on any atom is -0.277 e. The fourth-order valence-electron chi connectivity index (χ4n) is 2.26. The van der Waals surface area contributed by atoms with E-state index in [1.807, 2.05) is 6.92 Å². The zero-order valence-corrected chi connectivity index (χ0v) is 11.6. The molecule has 5 nitrogen and oxygen atoms in total. The van der Waals surface area contributed by atoms with E-state index in [0.29, 0.717) is 25.3 Å². The molecule has 1 heterocycles. The van der Waals surface area contributed by atoms with Crippen LogP contribution in [0, 0.1) is 11.3 Å². The van der Waals surface area contributed by atoms with Crippen molar-refractivity contribution in [2.75, 3.05) is 6.54 Å². The predicted octanol–water partition coefficient (Wildman–Crippen LogP) is 1.92. The molecule has 102 valence electrons. The Hall–Kier alpha value is -1.39. The lowest BCUT2D eigenvalue weighted by molar-refractivity contribution is -0.152. The summed E-state index contributed by atoms with van der Waals surface area (Å²) < 4.78 is 0. The summed E-state index contributed by atoms with van der Waals surface area (Å²) in [6.45, 7) is 7.95. The lowest BCUT2D eigenvalue weighted by atomic mass is 9.76. The Morgan fingerprint density at radius 3 is 2.28 bits per heavy atom. The third-order valence-electron chi connectivity index (χ3n) is 3.62. The summed E-state index contributed by atoms with van der Waals surface area (Å²) in [7, 11) is 0. The summed E-state index contributed by atoms with van der Waals surface area (Å²) in [5, 5.41) is 2.30. The molecule has 1 unspecified atom stereocenters. The van der Waals surface area contributed by atoms with Crippen molar-refractivity contribution in [2.45, 2.75) is 47.0 Å². The summed E-state index contributed by atoms with van der Waals surface area (Å²) in [5.41, 5.74) is -1.06. The largest absolute Gasteiger partial charge is 0.330 e. The molecule has 0 bridgehead atoms. The molecule has 0 aromatic rings. The number of hydrogen-bond donors (Lipinski definition) is 1. The monoisotopic (exact) mass is 254 g/mol. The van der Waals surface area contributed by atoms with Gasteiger partial charge >= 0.3 is 6.03 Å². The van der Waals surface area contributed by atoms with Crippen LogP contribution in [0.4, 0.5) is 4.79 Å². The summed E-state index contributed by atoms with van der Waals surface area (Å²) >= 11 is 0. The SMILES string of the molecule is CCN1C(=O)NC(=O)C(CC)(CCC(C)C)C1=O. The molecule has 0 radical (unpaired) electrons. The van der Waals surface area contributed by atoms with Gasteiger partial charge in [0.2, 0.25) is 11.8 Å². The molecule has 1 N–H and O–H groups in total. The first-order chi connectivity index (χ1) is 8.39. The maximum Gasteiger partial charge on any atom is 0.330 e. The minimum absolute atomic E-state index is 0.293. The quantitative estimate of drug-likeness (QED) is 0.762. The zero-order chi connectivity index (χ0) is 13.9. The number of carbonyl (C=O) groups excluding carboxylic acids is 3. The van der Waals surface area contributed by atoms with Crippen molar-refractivity contribution in [1.29, 1.82) is 0 Å². The molecule has 1 saturated heterocycles. The molecule has 0 spiro atoms. The number of nitrogens with zero attached hydrogens (tertiary/aromatic N) is 1. The average molecular weight is 254 g/mol. The van der Waals surface area contributed by atoms with Crippen molar-refractivity contribution >= 4 is 17.8 Å². The highest BCUT2D eigenvalue weighted by Gasteiger charge is 2.51. The molecule has 1 aliphatic rings. The number of imide groups is 2. The normalized spacial score (nSPS) is 24.7. The fourth-order valence-corrected chi connectivity index (χ4v) is 2.26. The van der Waals surface area contributed by atoms with Crippen molar-refractivity contribution in [3.05, 3.63) is 0 Å². The van der Waals surface area contributed by atoms with Crippen LogP contribution < -0.4 is 5.32 Å². The topological polar surface area (TPSA) is 66.5 Å². The summed E-state index contributed by atoms with van der Waals surface area (Å²) in [5.74, 6) is -0.367. The molecule has 4 amide bonds. The molecule has 1 rings (SSSR count). The van der Waals surface area contributed by atoms with Crippen LogP contribution in [0.25, 0.3) is 0 Å². The summed E-state index contributed by atoms with van der Waals surface area (Å²) in [4.78, 5) is 37.1. The minimum atomic E-state index is -1.06. The van der Waals surface area contributed by atoms with E-state index >= 15 is 0 Å². The van der Waals surface area contributed by atoms with Gasteiger partial charge in [-0.05, 0) is 32.1 Å². The Labute approximate surface area is 108 Å².